The van der Waals surface area contributed by atoms with Gasteiger partial charge in [0.1, 0.15) is 47.1 Å². The summed E-state index contributed by atoms with van der Waals surface area (Å²) in [6.07, 6.45) is 0. The Kier molecular flexibility index (Phi) is 5.80. The lowest BCUT2D eigenvalue weighted by atomic mass is 9.87. The number of halogens is 2. The highest BCUT2D eigenvalue weighted by molar-refractivity contribution is 6.32. The zero-order valence-electron chi connectivity index (χ0n) is 15.5. The molecular formula is C20H16ClFN2O5. The number of methoxy groups -OCH3 is 1. The molecular weight excluding hydrogens is 403 g/mol. The minimum absolute atomic E-state index is 0.00803. The van der Waals surface area contributed by atoms with Crippen molar-refractivity contribution in [3.8, 4) is 11.8 Å². The van der Waals surface area contributed by atoms with Gasteiger partial charge in [-0.15, -0.1) is 0 Å². The van der Waals surface area contributed by atoms with Crippen LogP contribution in [0.2, 0.25) is 5.02 Å². The van der Waals surface area contributed by atoms with Crippen molar-refractivity contribution >= 4 is 17.6 Å². The third-order valence-electron chi connectivity index (χ3n) is 4.24. The van der Waals surface area contributed by atoms with Crippen molar-refractivity contribution in [2.24, 2.45) is 5.73 Å². The number of esters is 1. The molecule has 1 atom stereocenters. The lowest BCUT2D eigenvalue weighted by Crippen LogP contribution is -2.24. The minimum atomic E-state index is -0.885. The van der Waals surface area contributed by atoms with Gasteiger partial charge in [0, 0.05) is 0 Å². The normalized spacial score (nSPS) is 16.3. The van der Waals surface area contributed by atoms with Gasteiger partial charge in [-0.3, -0.25) is 0 Å². The summed E-state index contributed by atoms with van der Waals surface area (Å²) in [5.41, 5.74) is 5.96. The number of hydrogen-bond acceptors (Lipinski definition) is 7. The maximum atomic E-state index is 13.1. The number of nitrogens with two attached hydrogens (primary N) is 1. The summed E-state index contributed by atoms with van der Waals surface area (Å²) in [6.45, 7) is 1.54. The van der Waals surface area contributed by atoms with Gasteiger partial charge in [-0.05, 0) is 37.3 Å². The van der Waals surface area contributed by atoms with E-state index in [0.717, 1.165) is 6.07 Å². The first-order chi connectivity index (χ1) is 13.8. The lowest BCUT2D eigenvalue weighted by molar-refractivity contribution is -0.136. The Morgan fingerprint density at radius 1 is 1.38 bits per heavy atom. The standard InChI is InChI=1S/C20H16ClFN2O5/c1-10-17(20(25)26-2)18(13(8-23)19(24)28-10)16-6-4-12(29-16)9-27-15-5-3-11(22)7-14(15)21/h3-7,18H,9,24H2,1-2H3/t18-/m1/s1. The fraction of sp³-hybridized carbons (Fsp3) is 0.200. The van der Waals surface area contributed by atoms with Crippen LogP contribution in [0.3, 0.4) is 0 Å². The third-order valence-corrected chi connectivity index (χ3v) is 4.54. The van der Waals surface area contributed by atoms with Crippen LogP contribution in [-0.4, -0.2) is 13.1 Å². The number of carbonyl (C=O) groups excluding carboxylic acids is 1. The number of hydrogen-bond donors (Lipinski definition) is 1. The molecule has 29 heavy (non-hydrogen) atoms. The minimum Gasteiger partial charge on any atom is -0.484 e. The smallest absolute Gasteiger partial charge is 0.338 e. The van der Waals surface area contributed by atoms with Gasteiger partial charge in [0.2, 0.25) is 5.88 Å². The quantitative estimate of drug-likeness (QED) is 0.733. The van der Waals surface area contributed by atoms with Crippen LogP contribution in [0.15, 0.2) is 57.5 Å². The van der Waals surface area contributed by atoms with Crippen molar-refractivity contribution < 1.29 is 27.8 Å². The van der Waals surface area contributed by atoms with E-state index < -0.39 is 17.7 Å². The van der Waals surface area contributed by atoms with E-state index in [-0.39, 0.29) is 45.9 Å². The predicted molar refractivity (Wildman–Crippen MR) is 99.8 cm³/mol. The molecule has 0 spiro atoms. The molecule has 1 aromatic heterocycles. The summed E-state index contributed by atoms with van der Waals surface area (Å²) in [5.74, 6) is -0.969. The van der Waals surface area contributed by atoms with Crippen LogP contribution in [0.1, 0.15) is 24.4 Å². The fourth-order valence-corrected chi connectivity index (χ4v) is 3.13. The Labute approximate surface area is 170 Å². The topological polar surface area (TPSA) is 108 Å². The van der Waals surface area contributed by atoms with Crippen molar-refractivity contribution in [1.82, 2.24) is 0 Å². The summed E-state index contributed by atoms with van der Waals surface area (Å²) in [7, 11) is 1.22. The van der Waals surface area contributed by atoms with Crippen molar-refractivity contribution in [3.05, 3.63) is 75.5 Å². The molecule has 0 saturated carbocycles. The molecule has 0 radical (unpaired) electrons. The molecule has 2 aromatic rings. The van der Waals surface area contributed by atoms with Gasteiger partial charge in [0.15, 0.2) is 0 Å². The second-order valence-corrected chi connectivity index (χ2v) is 6.46. The van der Waals surface area contributed by atoms with Crippen LogP contribution < -0.4 is 10.5 Å². The zero-order chi connectivity index (χ0) is 21.1. The van der Waals surface area contributed by atoms with Gasteiger partial charge in [0.25, 0.3) is 0 Å². The predicted octanol–water partition coefficient (Wildman–Crippen LogP) is 3.91. The number of furan rings is 1. The molecule has 0 saturated heterocycles. The molecule has 9 heteroatoms. The fourth-order valence-electron chi connectivity index (χ4n) is 2.91. The zero-order valence-corrected chi connectivity index (χ0v) is 16.2. The Hall–Kier alpha value is -3.44. The lowest BCUT2D eigenvalue weighted by Gasteiger charge is -2.24. The van der Waals surface area contributed by atoms with Gasteiger partial charge in [-0.2, -0.15) is 5.26 Å². The SMILES string of the molecule is COC(=O)C1=C(C)OC(N)=C(C#N)[C@@H]1c1ccc(COc2ccc(F)cc2Cl)o1. The number of nitriles is 1. The van der Waals surface area contributed by atoms with Gasteiger partial charge in [0.05, 0.1) is 23.6 Å². The summed E-state index contributed by atoms with van der Waals surface area (Å²) in [6, 6.07) is 8.93. The Balaban J connectivity index is 1.89. The van der Waals surface area contributed by atoms with Crippen LogP contribution in [0, 0.1) is 17.1 Å². The molecule has 1 aromatic carbocycles. The average molecular weight is 419 g/mol. The van der Waals surface area contributed by atoms with Crippen LogP contribution >= 0.6 is 11.6 Å². The van der Waals surface area contributed by atoms with Crippen molar-refractivity contribution in [2.75, 3.05) is 7.11 Å². The number of ether oxygens (including phenoxy) is 3. The summed E-state index contributed by atoms with van der Waals surface area (Å²) in [4.78, 5) is 12.3. The van der Waals surface area contributed by atoms with E-state index in [1.807, 2.05) is 6.07 Å². The van der Waals surface area contributed by atoms with Gasteiger partial charge >= 0.3 is 5.97 Å². The summed E-state index contributed by atoms with van der Waals surface area (Å²) in [5, 5.41) is 9.63. The maximum Gasteiger partial charge on any atom is 0.338 e. The van der Waals surface area contributed by atoms with Crippen LogP contribution in [0.5, 0.6) is 5.75 Å². The van der Waals surface area contributed by atoms with E-state index in [9.17, 15) is 14.4 Å². The average Bonchev–Trinajstić information content (AvgIpc) is 3.15. The van der Waals surface area contributed by atoms with Crippen molar-refractivity contribution in [1.29, 1.82) is 5.26 Å². The first kappa shape index (κ1) is 20.3. The molecule has 1 aliphatic heterocycles. The molecule has 0 aliphatic carbocycles. The highest BCUT2D eigenvalue weighted by Gasteiger charge is 2.38. The van der Waals surface area contributed by atoms with Gasteiger partial charge in [-0.1, -0.05) is 11.6 Å². The highest BCUT2D eigenvalue weighted by Crippen LogP contribution is 2.40. The molecule has 7 nitrogen and oxygen atoms in total. The first-order valence-corrected chi connectivity index (χ1v) is 8.76. The number of allylic oxidation sites excluding steroid dienone is 2. The molecule has 3 rings (SSSR count). The van der Waals surface area contributed by atoms with Gasteiger partial charge < -0.3 is 24.4 Å². The second kappa shape index (κ2) is 8.29. The van der Waals surface area contributed by atoms with Crippen LogP contribution in [0.25, 0.3) is 0 Å². The Morgan fingerprint density at radius 2 is 2.14 bits per heavy atom. The largest absolute Gasteiger partial charge is 0.484 e. The number of benzene rings is 1. The maximum absolute atomic E-state index is 13.1. The molecule has 150 valence electrons. The molecule has 0 unspecified atom stereocenters. The molecule has 2 N–H and O–H groups in total. The van der Waals surface area contributed by atoms with Crippen molar-refractivity contribution in [2.45, 2.75) is 19.4 Å². The van der Waals surface area contributed by atoms with E-state index in [4.69, 9.17) is 36.0 Å². The molecule has 1 aliphatic rings. The highest BCUT2D eigenvalue weighted by atomic mass is 35.5. The van der Waals surface area contributed by atoms with E-state index in [2.05, 4.69) is 0 Å². The van der Waals surface area contributed by atoms with E-state index >= 15 is 0 Å². The summed E-state index contributed by atoms with van der Waals surface area (Å²) >= 11 is 5.94. The molecule has 0 fully saturated rings. The first-order valence-electron chi connectivity index (χ1n) is 8.38. The monoisotopic (exact) mass is 418 g/mol. The number of carbonyl (C=O) groups is 1. The molecule has 0 amide bonds. The summed E-state index contributed by atoms with van der Waals surface area (Å²) < 4.78 is 34.6. The Bertz CT molecular complexity index is 1070. The molecule has 0 bridgehead atoms. The number of nitrogens with zero attached hydrogens (tertiary/aromatic N) is 1. The number of rotatable bonds is 5. The third kappa shape index (κ3) is 4.05. The Morgan fingerprint density at radius 3 is 2.79 bits per heavy atom. The van der Waals surface area contributed by atoms with Crippen molar-refractivity contribution in [3.63, 3.8) is 0 Å². The molecule has 2 heterocycles. The van der Waals surface area contributed by atoms with Crippen LogP contribution in [-0.2, 0) is 20.9 Å². The van der Waals surface area contributed by atoms with Gasteiger partial charge in [-0.25, -0.2) is 9.18 Å². The van der Waals surface area contributed by atoms with Crippen LogP contribution in [0.4, 0.5) is 4.39 Å². The van der Waals surface area contributed by atoms with E-state index in [0.29, 0.717) is 5.76 Å². The van der Waals surface area contributed by atoms with E-state index in [1.165, 1.54) is 19.2 Å². The second-order valence-electron chi connectivity index (χ2n) is 6.05. The van der Waals surface area contributed by atoms with E-state index in [1.54, 1.807) is 19.1 Å².